The first-order valence-corrected chi connectivity index (χ1v) is 8.20. The van der Waals surface area contributed by atoms with Gasteiger partial charge in [-0.1, -0.05) is 13.8 Å². The van der Waals surface area contributed by atoms with Crippen LogP contribution in [0.3, 0.4) is 0 Å². The minimum Gasteiger partial charge on any atom is -0.481 e. The summed E-state index contributed by atoms with van der Waals surface area (Å²) in [4.78, 5) is 25.9. The van der Waals surface area contributed by atoms with Gasteiger partial charge >= 0.3 is 5.97 Å². The Morgan fingerprint density at radius 1 is 1.24 bits per heavy atom. The van der Waals surface area contributed by atoms with Gasteiger partial charge in [0.2, 0.25) is 5.91 Å². The summed E-state index contributed by atoms with van der Waals surface area (Å²) in [5, 5.41) is 12.2. The molecule has 2 aliphatic rings. The highest BCUT2D eigenvalue weighted by Gasteiger charge is 2.41. The van der Waals surface area contributed by atoms with E-state index >= 15 is 0 Å². The number of likely N-dealkylation sites (tertiary alicyclic amines) is 1. The third-order valence-corrected chi connectivity index (χ3v) is 4.85. The number of aliphatic carboxylic acids is 1. The molecule has 0 aromatic rings. The molecule has 2 unspecified atom stereocenters. The maximum Gasteiger partial charge on any atom is 0.307 e. The third kappa shape index (κ3) is 4.43. The topological polar surface area (TPSA) is 69.6 Å². The highest BCUT2D eigenvalue weighted by molar-refractivity contribution is 5.85. The van der Waals surface area contributed by atoms with Crippen LogP contribution in [0.4, 0.5) is 0 Å². The minimum atomic E-state index is -0.829. The monoisotopic (exact) mass is 296 g/mol. The van der Waals surface area contributed by atoms with E-state index in [-0.39, 0.29) is 11.8 Å². The van der Waals surface area contributed by atoms with E-state index < -0.39 is 11.9 Å². The number of carbonyl (C=O) groups excluding carboxylic acids is 1. The Bertz CT molecular complexity index is 380. The van der Waals surface area contributed by atoms with Crippen molar-refractivity contribution in [1.29, 1.82) is 0 Å². The molecule has 1 saturated carbocycles. The van der Waals surface area contributed by atoms with Gasteiger partial charge in [-0.15, -0.1) is 0 Å². The zero-order valence-corrected chi connectivity index (χ0v) is 13.2. The van der Waals surface area contributed by atoms with Crippen LogP contribution in [0.25, 0.3) is 0 Å². The maximum absolute atomic E-state index is 12.3. The van der Waals surface area contributed by atoms with Crippen molar-refractivity contribution in [3.63, 3.8) is 0 Å². The molecule has 1 saturated heterocycles. The smallest absolute Gasteiger partial charge is 0.307 e. The number of hydrogen-bond donors (Lipinski definition) is 2. The van der Waals surface area contributed by atoms with Gasteiger partial charge in [-0.3, -0.25) is 9.59 Å². The van der Waals surface area contributed by atoms with Gasteiger partial charge < -0.3 is 15.3 Å². The van der Waals surface area contributed by atoms with E-state index in [4.69, 9.17) is 0 Å². The first-order chi connectivity index (χ1) is 9.97. The van der Waals surface area contributed by atoms with E-state index in [2.05, 4.69) is 17.1 Å². The van der Waals surface area contributed by atoms with Gasteiger partial charge in [0.1, 0.15) is 0 Å². The van der Waals surface area contributed by atoms with Crippen molar-refractivity contribution >= 4 is 11.9 Å². The molecular weight excluding hydrogens is 268 g/mol. The second-order valence-corrected chi connectivity index (χ2v) is 6.99. The lowest BCUT2D eigenvalue weighted by atomic mass is 9.95. The standard InChI is InChI=1S/C16H28N2O3/c1-11-7-13(14(8-11)16(20)21)15(19)17-9-12(2)10-18-5-3-4-6-18/h11-14H,3-10H2,1-2H3,(H,17,19)(H,20,21)/t11?,12?,13-,14+/m0/s1. The van der Waals surface area contributed by atoms with E-state index in [1.807, 2.05) is 6.92 Å². The van der Waals surface area contributed by atoms with Crippen LogP contribution in [0.15, 0.2) is 0 Å². The fraction of sp³-hybridized carbons (Fsp3) is 0.875. The summed E-state index contributed by atoms with van der Waals surface area (Å²) in [6.45, 7) is 8.17. The molecule has 0 spiro atoms. The normalized spacial score (nSPS) is 31.2. The SMILES string of the molecule is CC1C[C@H](C(=O)NCC(C)CN2CCCC2)[C@H](C(=O)O)C1. The van der Waals surface area contributed by atoms with Crippen molar-refractivity contribution in [2.45, 2.75) is 39.5 Å². The summed E-state index contributed by atoms with van der Waals surface area (Å²) in [6, 6.07) is 0. The number of hydrogen-bond acceptors (Lipinski definition) is 3. The zero-order valence-electron chi connectivity index (χ0n) is 13.2. The number of carboxylic acids is 1. The van der Waals surface area contributed by atoms with Crippen LogP contribution < -0.4 is 5.32 Å². The number of amides is 1. The zero-order chi connectivity index (χ0) is 15.4. The van der Waals surface area contributed by atoms with Gasteiger partial charge in [0.15, 0.2) is 0 Å². The molecule has 5 nitrogen and oxygen atoms in total. The van der Waals surface area contributed by atoms with E-state index in [1.54, 1.807) is 0 Å². The summed E-state index contributed by atoms with van der Waals surface area (Å²) in [7, 11) is 0. The number of nitrogens with one attached hydrogen (secondary N) is 1. The number of carbonyl (C=O) groups is 2. The van der Waals surface area contributed by atoms with Crippen LogP contribution in [-0.4, -0.2) is 48.1 Å². The highest BCUT2D eigenvalue weighted by atomic mass is 16.4. The lowest BCUT2D eigenvalue weighted by molar-refractivity contribution is -0.146. The third-order valence-electron chi connectivity index (χ3n) is 4.85. The van der Waals surface area contributed by atoms with E-state index in [0.717, 1.165) is 6.54 Å². The molecule has 2 fully saturated rings. The quantitative estimate of drug-likeness (QED) is 0.781. The van der Waals surface area contributed by atoms with Gasteiger partial charge in [0.25, 0.3) is 0 Å². The van der Waals surface area contributed by atoms with Crippen molar-refractivity contribution in [1.82, 2.24) is 10.2 Å². The molecule has 0 bridgehead atoms. The molecule has 1 amide bonds. The lowest BCUT2D eigenvalue weighted by Crippen LogP contribution is -2.39. The minimum absolute atomic E-state index is 0.0694. The van der Waals surface area contributed by atoms with Crippen molar-refractivity contribution in [2.75, 3.05) is 26.2 Å². The molecule has 0 radical (unpaired) electrons. The van der Waals surface area contributed by atoms with E-state index in [9.17, 15) is 14.7 Å². The van der Waals surface area contributed by atoms with Crippen LogP contribution in [0.2, 0.25) is 0 Å². The van der Waals surface area contributed by atoms with E-state index in [0.29, 0.717) is 31.2 Å². The summed E-state index contributed by atoms with van der Waals surface area (Å²) < 4.78 is 0. The summed E-state index contributed by atoms with van der Waals surface area (Å²) in [6.07, 6.45) is 3.87. The molecule has 0 aromatic heterocycles. The van der Waals surface area contributed by atoms with Crippen molar-refractivity contribution in [3.05, 3.63) is 0 Å². The largest absolute Gasteiger partial charge is 0.481 e. The Labute approximate surface area is 127 Å². The maximum atomic E-state index is 12.3. The van der Waals surface area contributed by atoms with Gasteiger partial charge in [0.05, 0.1) is 11.8 Å². The average Bonchev–Trinajstić information content (AvgIpc) is 3.05. The number of carboxylic acid groups (broad SMARTS) is 1. The Morgan fingerprint density at radius 3 is 2.48 bits per heavy atom. The molecule has 4 atom stereocenters. The van der Waals surface area contributed by atoms with Gasteiger partial charge in [-0.05, 0) is 50.6 Å². The van der Waals surface area contributed by atoms with Crippen LogP contribution in [0.1, 0.15) is 39.5 Å². The molecule has 5 heteroatoms. The average molecular weight is 296 g/mol. The number of nitrogens with zero attached hydrogens (tertiary/aromatic N) is 1. The van der Waals surface area contributed by atoms with Crippen molar-refractivity contribution in [3.8, 4) is 0 Å². The molecule has 120 valence electrons. The molecule has 1 aliphatic carbocycles. The Morgan fingerprint density at radius 2 is 1.86 bits per heavy atom. The second kappa shape index (κ2) is 7.25. The van der Waals surface area contributed by atoms with Gasteiger partial charge in [-0.25, -0.2) is 0 Å². The summed E-state index contributed by atoms with van der Waals surface area (Å²) >= 11 is 0. The predicted molar refractivity (Wildman–Crippen MR) is 80.9 cm³/mol. The first kappa shape index (κ1) is 16.3. The van der Waals surface area contributed by atoms with Gasteiger partial charge in [-0.2, -0.15) is 0 Å². The highest BCUT2D eigenvalue weighted by Crippen LogP contribution is 2.36. The van der Waals surface area contributed by atoms with Crippen LogP contribution in [0.5, 0.6) is 0 Å². The molecule has 2 N–H and O–H groups in total. The van der Waals surface area contributed by atoms with Crippen molar-refractivity contribution in [2.24, 2.45) is 23.7 Å². The van der Waals surface area contributed by atoms with Gasteiger partial charge in [0, 0.05) is 13.1 Å². The molecule has 1 aliphatic heterocycles. The van der Waals surface area contributed by atoms with Crippen LogP contribution in [-0.2, 0) is 9.59 Å². The summed E-state index contributed by atoms with van der Waals surface area (Å²) in [5.74, 6) is -1.02. The summed E-state index contributed by atoms with van der Waals surface area (Å²) in [5.41, 5.74) is 0. The molecule has 0 aromatic carbocycles. The fourth-order valence-electron chi connectivity index (χ4n) is 3.73. The Balaban J connectivity index is 1.76. The number of rotatable bonds is 6. The second-order valence-electron chi connectivity index (χ2n) is 6.99. The lowest BCUT2D eigenvalue weighted by Gasteiger charge is -2.22. The first-order valence-electron chi connectivity index (χ1n) is 8.20. The Kier molecular flexibility index (Phi) is 5.62. The molecule has 1 heterocycles. The van der Waals surface area contributed by atoms with Crippen LogP contribution >= 0.6 is 0 Å². The van der Waals surface area contributed by atoms with Crippen LogP contribution in [0, 0.1) is 23.7 Å². The van der Waals surface area contributed by atoms with Crippen molar-refractivity contribution < 1.29 is 14.7 Å². The molecule has 2 rings (SSSR count). The predicted octanol–water partition coefficient (Wildman–Crippen LogP) is 1.58. The van der Waals surface area contributed by atoms with E-state index in [1.165, 1.54) is 25.9 Å². The molecule has 21 heavy (non-hydrogen) atoms. The molecular formula is C16H28N2O3. The fourth-order valence-corrected chi connectivity index (χ4v) is 3.73. The Hall–Kier alpha value is -1.10.